The number of rotatable bonds is 6. The SMILES string of the molecule is C1=CC2=c3ccccc3=C(N(c3ccc4c(c3)C(c3ccccc3)(c3ccccc3)c3ccccc3-4)c3ccc4c5ccccc5n(-c5ccccc5)c4c3)CC2C=C1. The van der Waals surface area contributed by atoms with Gasteiger partial charge < -0.3 is 9.47 Å². The average molecular weight is 753 g/mol. The minimum atomic E-state index is -0.507. The second kappa shape index (κ2) is 13.3. The van der Waals surface area contributed by atoms with Crippen molar-refractivity contribution < 1.29 is 0 Å². The summed E-state index contributed by atoms with van der Waals surface area (Å²) in [5.74, 6) is 0.276. The smallest absolute Gasteiger partial charge is 0.0714 e. The number of hydrogen-bond acceptors (Lipinski definition) is 1. The zero-order chi connectivity index (χ0) is 38.9. The van der Waals surface area contributed by atoms with Crippen LogP contribution in [0.15, 0.2) is 224 Å². The highest BCUT2D eigenvalue weighted by molar-refractivity contribution is 6.10. The molecule has 3 aliphatic carbocycles. The molecule has 0 spiro atoms. The van der Waals surface area contributed by atoms with Crippen molar-refractivity contribution in [2.75, 3.05) is 4.90 Å². The zero-order valence-corrected chi connectivity index (χ0v) is 32.5. The van der Waals surface area contributed by atoms with Gasteiger partial charge in [-0.1, -0.05) is 182 Å². The summed E-state index contributed by atoms with van der Waals surface area (Å²) >= 11 is 0. The summed E-state index contributed by atoms with van der Waals surface area (Å²) in [5, 5.41) is 5.09. The summed E-state index contributed by atoms with van der Waals surface area (Å²) in [6.07, 6.45) is 9.99. The van der Waals surface area contributed by atoms with E-state index in [1.807, 2.05) is 0 Å². The van der Waals surface area contributed by atoms with Crippen molar-refractivity contribution in [3.05, 3.63) is 257 Å². The molecular weight excluding hydrogens is 713 g/mol. The Morgan fingerprint density at radius 1 is 0.475 bits per heavy atom. The Balaban J connectivity index is 1.18. The van der Waals surface area contributed by atoms with E-state index in [1.54, 1.807) is 0 Å². The van der Waals surface area contributed by atoms with Gasteiger partial charge in [0.25, 0.3) is 0 Å². The van der Waals surface area contributed by atoms with Crippen LogP contribution in [-0.4, -0.2) is 4.57 Å². The topological polar surface area (TPSA) is 8.17 Å². The third-order valence-electron chi connectivity index (χ3n) is 13.0. The first-order valence-corrected chi connectivity index (χ1v) is 20.7. The van der Waals surface area contributed by atoms with E-state index in [-0.39, 0.29) is 5.92 Å². The number of hydrogen-bond donors (Lipinski definition) is 0. The number of anilines is 2. The monoisotopic (exact) mass is 752 g/mol. The first kappa shape index (κ1) is 33.7. The average Bonchev–Trinajstić information content (AvgIpc) is 3.80. The van der Waals surface area contributed by atoms with Gasteiger partial charge in [0.15, 0.2) is 0 Å². The molecule has 0 bridgehead atoms. The molecule has 8 aromatic carbocycles. The van der Waals surface area contributed by atoms with E-state index in [9.17, 15) is 0 Å². The lowest BCUT2D eigenvalue weighted by molar-refractivity contribution is 0.768. The Bertz CT molecular complexity index is 3260. The lowest BCUT2D eigenvalue weighted by atomic mass is 9.67. The minimum Gasteiger partial charge on any atom is -0.313 e. The molecule has 1 aromatic heterocycles. The largest absolute Gasteiger partial charge is 0.313 e. The summed E-state index contributed by atoms with van der Waals surface area (Å²) in [6.45, 7) is 0. The molecule has 0 N–H and O–H groups in total. The highest BCUT2D eigenvalue weighted by atomic mass is 15.2. The lowest BCUT2D eigenvalue weighted by Crippen LogP contribution is -2.39. The molecule has 2 heteroatoms. The van der Waals surface area contributed by atoms with Gasteiger partial charge in [0.05, 0.1) is 16.4 Å². The van der Waals surface area contributed by atoms with E-state index in [2.05, 4.69) is 234 Å². The molecule has 0 saturated heterocycles. The molecule has 1 unspecified atom stereocenters. The van der Waals surface area contributed by atoms with Gasteiger partial charge in [-0.15, -0.1) is 0 Å². The molecule has 1 atom stereocenters. The van der Waals surface area contributed by atoms with Crippen molar-refractivity contribution in [2.24, 2.45) is 5.92 Å². The van der Waals surface area contributed by atoms with Gasteiger partial charge >= 0.3 is 0 Å². The fourth-order valence-electron chi connectivity index (χ4n) is 10.6. The molecule has 3 aliphatic rings. The Morgan fingerprint density at radius 3 is 1.88 bits per heavy atom. The summed E-state index contributed by atoms with van der Waals surface area (Å²) < 4.78 is 2.43. The Morgan fingerprint density at radius 2 is 1.08 bits per heavy atom. The quantitative estimate of drug-likeness (QED) is 0.164. The van der Waals surface area contributed by atoms with Crippen LogP contribution in [0.4, 0.5) is 11.4 Å². The maximum absolute atomic E-state index is 2.58. The van der Waals surface area contributed by atoms with Crippen LogP contribution in [0.1, 0.15) is 28.7 Å². The van der Waals surface area contributed by atoms with Crippen LogP contribution < -0.4 is 15.3 Å². The van der Waals surface area contributed by atoms with Crippen LogP contribution in [0.2, 0.25) is 0 Å². The van der Waals surface area contributed by atoms with Gasteiger partial charge in [0, 0.05) is 44.7 Å². The van der Waals surface area contributed by atoms with E-state index in [0.717, 1.165) is 23.5 Å². The van der Waals surface area contributed by atoms with Gasteiger partial charge in [-0.2, -0.15) is 0 Å². The molecule has 12 rings (SSSR count). The molecule has 0 radical (unpaired) electrons. The number of para-hydroxylation sites is 2. The number of benzene rings is 8. The van der Waals surface area contributed by atoms with Gasteiger partial charge in [0.2, 0.25) is 0 Å². The van der Waals surface area contributed by atoms with E-state index in [4.69, 9.17) is 0 Å². The van der Waals surface area contributed by atoms with Crippen LogP contribution in [0.25, 0.3) is 49.9 Å². The number of allylic oxidation sites excluding steroid dienone is 4. The highest BCUT2D eigenvalue weighted by Crippen LogP contribution is 2.57. The standard InChI is InChI=1S/C57H40N2/c1-4-19-40(20-5-1)57(41-21-6-2-7-22-41)52-30-16-14-27-47(52)48-34-32-43(37-53(48)57)58(55-36-39-18-10-11-25-45(39)46-26-12-13-28-49(46)55)44-33-35-51-50-29-15-17-31-54(50)59(56(51)38-44)42-23-8-3-9-24-42/h1-35,37-39H,36H2. The molecule has 1 heterocycles. The molecule has 278 valence electrons. The van der Waals surface area contributed by atoms with Gasteiger partial charge in [-0.25, -0.2) is 0 Å². The van der Waals surface area contributed by atoms with Crippen molar-refractivity contribution in [1.82, 2.24) is 4.57 Å². The normalized spacial score (nSPS) is 15.8. The van der Waals surface area contributed by atoms with Gasteiger partial charge in [-0.05, 0) is 93.1 Å². The van der Waals surface area contributed by atoms with E-state index in [1.165, 1.54) is 76.9 Å². The van der Waals surface area contributed by atoms with Crippen LogP contribution in [-0.2, 0) is 5.41 Å². The van der Waals surface area contributed by atoms with Crippen LogP contribution >= 0.6 is 0 Å². The van der Waals surface area contributed by atoms with Crippen LogP contribution in [0, 0.1) is 5.92 Å². The molecule has 0 amide bonds. The summed E-state index contributed by atoms with van der Waals surface area (Å²) in [4.78, 5) is 2.58. The Kier molecular flexibility index (Phi) is 7.61. The van der Waals surface area contributed by atoms with Gasteiger partial charge in [-0.3, -0.25) is 0 Å². The number of fused-ring (bicyclic) bond motifs is 8. The van der Waals surface area contributed by atoms with Crippen molar-refractivity contribution in [3.63, 3.8) is 0 Å². The predicted molar refractivity (Wildman–Crippen MR) is 246 cm³/mol. The van der Waals surface area contributed by atoms with Gasteiger partial charge in [0.1, 0.15) is 0 Å². The van der Waals surface area contributed by atoms with Crippen LogP contribution in [0.5, 0.6) is 0 Å². The predicted octanol–water partition coefficient (Wildman–Crippen LogP) is 12.4. The third kappa shape index (κ3) is 5.00. The van der Waals surface area contributed by atoms with Crippen molar-refractivity contribution in [2.45, 2.75) is 11.8 Å². The van der Waals surface area contributed by atoms with Crippen molar-refractivity contribution in [3.8, 4) is 16.8 Å². The fraction of sp³-hybridized carbons (Fsp3) is 0.0526. The zero-order valence-electron chi connectivity index (χ0n) is 32.5. The summed E-state index contributed by atoms with van der Waals surface area (Å²) in [6, 6.07) is 74.3. The molecule has 0 aliphatic heterocycles. The maximum Gasteiger partial charge on any atom is 0.0714 e. The molecule has 0 saturated carbocycles. The fourth-order valence-corrected chi connectivity index (χ4v) is 10.6. The van der Waals surface area contributed by atoms with E-state index >= 15 is 0 Å². The highest BCUT2D eigenvalue weighted by Gasteiger charge is 2.46. The lowest BCUT2D eigenvalue weighted by Gasteiger charge is -2.36. The number of nitrogens with zero attached hydrogens (tertiary/aromatic N) is 2. The third-order valence-corrected chi connectivity index (χ3v) is 13.0. The molecule has 2 nitrogen and oxygen atoms in total. The van der Waals surface area contributed by atoms with Crippen molar-refractivity contribution >= 4 is 44.5 Å². The van der Waals surface area contributed by atoms with E-state index in [0.29, 0.717) is 0 Å². The van der Waals surface area contributed by atoms with E-state index < -0.39 is 5.41 Å². The molecular formula is C57H40N2. The molecule has 9 aromatic rings. The maximum atomic E-state index is 2.58. The molecule has 0 fully saturated rings. The molecule has 59 heavy (non-hydrogen) atoms. The minimum absolute atomic E-state index is 0.276. The first-order valence-electron chi connectivity index (χ1n) is 20.7. The number of aromatic nitrogens is 1. The second-order valence-electron chi connectivity index (χ2n) is 16.0. The van der Waals surface area contributed by atoms with Crippen molar-refractivity contribution in [1.29, 1.82) is 0 Å². The Hall–Kier alpha value is -7.42. The first-order chi connectivity index (χ1) is 29.3. The second-order valence-corrected chi connectivity index (χ2v) is 16.0. The van der Waals surface area contributed by atoms with Crippen LogP contribution in [0.3, 0.4) is 0 Å². The summed E-state index contributed by atoms with van der Waals surface area (Å²) in [5.41, 5.74) is 15.7. The summed E-state index contributed by atoms with van der Waals surface area (Å²) in [7, 11) is 0. The Labute approximate surface area is 344 Å².